The predicted molar refractivity (Wildman–Crippen MR) is 98.0 cm³/mol. The lowest BCUT2D eigenvalue weighted by atomic mass is 10.1. The average Bonchev–Trinajstić information content (AvgIpc) is 2.59. The van der Waals surface area contributed by atoms with E-state index < -0.39 is 0 Å². The maximum Gasteiger partial charge on any atom is 0.146 e. The Labute approximate surface area is 151 Å². The van der Waals surface area contributed by atoms with Crippen LogP contribution in [0.1, 0.15) is 19.0 Å². The summed E-state index contributed by atoms with van der Waals surface area (Å²) < 4.78 is 5.97. The second kappa shape index (κ2) is 7.65. The number of halogens is 2. The van der Waals surface area contributed by atoms with E-state index in [-0.39, 0.29) is 0 Å². The van der Waals surface area contributed by atoms with Crippen molar-refractivity contribution < 1.29 is 4.74 Å². The van der Waals surface area contributed by atoms with Gasteiger partial charge in [0.1, 0.15) is 11.5 Å². The molecule has 0 aliphatic carbocycles. The van der Waals surface area contributed by atoms with Gasteiger partial charge in [-0.25, -0.2) is 0 Å². The number of benzene rings is 2. The van der Waals surface area contributed by atoms with Gasteiger partial charge in [0.15, 0.2) is 0 Å². The zero-order valence-electron chi connectivity index (χ0n) is 13.2. The Balaban J connectivity index is 1.93. The minimum Gasteiger partial charge on any atom is -0.455 e. The summed E-state index contributed by atoms with van der Waals surface area (Å²) in [5.41, 5.74) is 2.61. The molecule has 3 rings (SSSR count). The van der Waals surface area contributed by atoms with Gasteiger partial charge in [-0.05, 0) is 36.8 Å². The van der Waals surface area contributed by atoms with Crippen LogP contribution in [0.5, 0.6) is 11.5 Å². The molecule has 0 saturated heterocycles. The second-order valence-corrected chi connectivity index (χ2v) is 6.16. The normalized spacial score (nSPS) is 10.6. The Kier molecular flexibility index (Phi) is 5.34. The van der Waals surface area contributed by atoms with Crippen molar-refractivity contribution in [3.8, 4) is 22.8 Å². The molecule has 3 nitrogen and oxygen atoms in total. The Bertz CT molecular complexity index is 835. The fourth-order valence-corrected chi connectivity index (χ4v) is 2.77. The first-order valence-electron chi connectivity index (χ1n) is 7.70. The summed E-state index contributed by atoms with van der Waals surface area (Å²) in [5, 5.41) is 1.03. The van der Waals surface area contributed by atoms with Gasteiger partial charge >= 0.3 is 0 Å². The van der Waals surface area contributed by atoms with Gasteiger partial charge in [0.25, 0.3) is 0 Å². The lowest BCUT2D eigenvalue weighted by Gasteiger charge is -2.12. The molecule has 0 spiro atoms. The Morgan fingerprint density at radius 3 is 2.50 bits per heavy atom. The molecule has 2 aromatic carbocycles. The van der Waals surface area contributed by atoms with E-state index in [1.165, 1.54) is 0 Å². The highest BCUT2D eigenvalue weighted by Gasteiger charge is 2.11. The second-order valence-electron chi connectivity index (χ2n) is 5.32. The molecule has 0 fully saturated rings. The molecular weight excluding hydrogens is 343 g/mol. The molecule has 0 aliphatic rings. The first-order chi connectivity index (χ1) is 11.7. The van der Waals surface area contributed by atoms with E-state index in [1.807, 2.05) is 30.5 Å². The van der Waals surface area contributed by atoms with Crippen molar-refractivity contribution in [1.82, 2.24) is 9.97 Å². The highest BCUT2D eigenvalue weighted by Crippen LogP contribution is 2.36. The number of para-hydroxylation sites is 1. The van der Waals surface area contributed by atoms with Gasteiger partial charge in [-0.15, -0.1) is 0 Å². The van der Waals surface area contributed by atoms with Crippen molar-refractivity contribution >= 4 is 23.2 Å². The Morgan fingerprint density at radius 2 is 1.79 bits per heavy atom. The summed E-state index contributed by atoms with van der Waals surface area (Å²) in [6, 6.07) is 12.8. The van der Waals surface area contributed by atoms with Crippen LogP contribution in [0, 0.1) is 0 Å². The summed E-state index contributed by atoms with van der Waals surface area (Å²) >= 11 is 12.1. The minimum absolute atomic E-state index is 0.460. The maximum atomic E-state index is 6.20. The van der Waals surface area contributed by atoms with E-state index in [0.717, 1.165) is 29.8 Å². The number of hydrogen-bond donors (Lipinski definition) is 0. The first-order valence-corrected chi connectivity index (χ1v) is 8.46. The maximum absolute atomic E-state index is 6.20. The van der Waals surface area contributed by atoms with Crippen LogP contribution >= 0.6 is 23.2 Å². The van der Waals surface area contributed by atoms with Crippen molar-refractivity contribution in [3.05, 3.63) is 70.6 Å². The third-order valence-electron chi connectivity index (χ3n) is 3.49. The third-order valence-corrected chi connectivity index (χ3v) is 4.02. The first kappa shape index (κ1) is 16.7. The molecule has 0 saturated carbocycles. The van der Waals surface area contributed by atoms with Crippen LogP contribution in [0.25, 0.3) is 11.3 Å². The summed E-state index contributed by atoms with van der Waals surface area (Å²) in [6.07, 6.45) is 5.55. The number of hydrogen-bond acceptors (Lipinski definition) is 3. The smallest absolute Gasteiger partial charge is 0.146 e. The number of aromatic nitrogens is 2. The summed E-state index contributed by atoms with van der Waals surface area (Å²) in [5.74, 6) is 1.21. The van der Waals surface area contributed by atoms with Crippen molar-refractivity contribution in [2.75, 3.05) is 0 Å². The van der Waals surface area contributed by atoms with Crippen LogP contribution in [0.2, 0.25) is 10.0 Å². The highest BCUT2D eigenvalue weighted by molar-refractivity contribution is 6.35. The summed E-state index contributed by atoms with van der Waals surface area (Å²) in [7, 11) is 0. The molecule has 0 N–H and O–H groups in total. The zero-order valence-corrected chi connectivity index (χ0v) is 14.7. The number of ether oxygens (including phenoxy) is 1. The van der Waals surface area contributed by atoms with Gasteiger partial charge in [-0.1, -0.05) is 48.7 Å². The number of nitrogens with zero attached hydrogens (tertiary/aromatic N) is 2. The van der Waals surface area contributed by atoms with Crippen LogP contribution in [0.15, 0.2) is 54.9 Å². The van der Waals surface area contributed by atoms with Gasteiger partial charge < -0.3 is 4.74 Å². The van der Waals surface area contributed by atoms with Crippen molar-refractivity contribution in [1.29, 1.82) is 0 Å². The molecule has 122 valence electrons. The fraction of sp³-hybridized carbons (Fsp3) is 0.158. The van der Waals surface area contributed by atoms with Gasteiger partial charge in [0.2, 0.25) is 0 Å². The van der Waals surface area contributed by atoms with Gasteiger partial charge in [0, 0.05) is 16.8 Å². The van der Waals surface area contributed by atoms with Crippen LogP contribution in [-0.2, 0) is 6.42 Å². The van der Waals surface area contributed by atoms with Crippen LogP contribution in [0.4, 0.5) is 0 Å². The average molecular weight is 359 g/mol. The van der Waals surface area contributed by atoms with Crippen LogP contribution < -0.4 is 4.74 Å². The molecule has 1 heterocycles. The van der Waals surface area contributed by atoms with E-state index in [0.29, 0.717) is 21.5 Å². The summed E-state index contributed by atoms with van der Waals surface area (Å²) in [4.78, 5) is 8.97. The molecule has 0 aliphatic heterocycles. The van der Waals surface area contributed by atoms with Crippen LogP contribution in [0.3, 0.4) is 0 Å². The molecule has 0 amide bonds. The molecular formula is C19H16Cl2N2O. The van der Waals surface area contributed by atoms with E-state index >= 15 is 0 Å². The predicted octanol–water partition coefficient (Wildman–Crippen LogP) is 6.20. The van der Waals surface area contributed by atoms with E-state index in [2.05, 4.69) is 16.9 Å². The van der Waals surface area contributed by atoms with Crippen LogP contribution in [-0.4, -0.2) is 9.97 Å². The van der Waals surface area contributed by atoms with Crippen molar-refractivity contribution in [2.45, 2.75) is 19.8 Å². The molecule has 0 radical (unpaired) electrons. The molecule has 0 atom stereocenters. The Hall–Kier alpha value is -2.10. The molecule has 1 aromatic heterocycles. The molecule has 3 aromatic rings. The highest BCUT2D eigenvalue weighted by atomic mass is 35.5. The van der Waals surface area contributed by atoms with Crippen molar-refractivity contribution in [3.63, 3.8) is 0 Å². The van der Waals surface area contributed by atoms with Gasteiger partial charge in [0.05, 0.1) is 22.6 Å². The SMILES string of the molecule is CCCc1cnc(-c2ccccc2Oc2ccc(Cl)cc2Cl)cn1. The minimum atomic E-state index is 0.460. The van der Waals surface area contributed by atoms with E-state index in [1.54, 1.807) is 24.4 Å². The lowest BCUT2D eigenvalue weighted by molar-refractivity contribution is 0.484. The number of rotatable bonds is 5. The zero-order chi connectivity index (χ0) is 16.9. The molecule has 5 heteroatoms. The quantitative estimate of drug-likeness (QED) is 0.544. The topological polar surface area (TPSA) is 35.0 Å². The Morgan fingerprint density at radius 1 is 0.958 bits per heavy atom. The van der Waals surface area contributed by atoms with E-state index in [4.69, 9.17) is 27.9 Å². The van der Waals surface area contributed by atoms with Gasteiger partial charge in [-0.2, -0.15) is 0 Å². The van der Waals surface area contributed by atoms with E-state index in [9.17, 15) is 0 Å². The number of aryl methyl sites for hydroxylation is 1. The monoisotopic (exact) mass is 358 g/mol. The summed E-state index contributed by atoms with van der Waals surface area (Å²) in [6.45, 7) is 2.12. The van der Waals surface area contributed by atoms with Crippen molar-refractivity contribution in [2.24, 2.45) is 0 Å². The third kappa shape index (κ3) is 3.86. The van der Waals surface area contributed by atoms with Gasteiger partial charge in [-0.3, -0.25) is 9.97 Å². The standard InChI is InChI=1S/C19H16Cl2N2O/c1-2-5-14-11-23-17(12-22-14)15-6-3-4-7-18(15)24-19-9-8-13(20)10-16(19)21/h3-4,6-12H,2,5H2,1H3. The fourth-order valence-electron chi connectivity index (χ4n) is 2.32. The molecule has 24 heavy (non-hydrogen) atoms. The molecule has 0 unspecified atom stereocenters. The largest absolute Gasteiger partial charge is 0.455 e. The lowest BCUT2D eigenvalue weighted by Crippen LogP contribution is -1.94. The molecule has 0 bridgehead atoms.